The van der Waals surface area contributed by atoms with E-state index in [1.54, 1.807) is 7.11 Å². The normalized spacial score (nSPS) is 17.8. The van der Waals surface area contributed by atoms with Crippen LogP contribution in [0.5, 0.6) is 5.75 Å². The van der Waals surface area contributed by atoms with E-state index in [2.05, 4.69) is 23.5 Å². The van der Waals surface area contributed by atoms with Crippen LogP contribution in [-0.4, -0.2) is 13.7 Å². The van der Waals surface area contributed by atoms with Crippen LogP contribution < -0.4 is 15.8 Å². The van der Waals surface area contributed by atoms with Crippen molar-refractivity contribution < 1.29 is 4.74 Å². The fourth-order valence-electron chi connectivity index (χ4n) is 2.69. The minimum absolute atomic E-state index is 0.197. The Balaban J connectivity index is 2.06. The number of ether oxygens (including phenoxy) is 1. The number of rotatable bonds is 2. The van der Waals surface area contributed by atoms with Crippen molar-refractivity contribution in [2.24, 2.45) is 0 Å². The summed E-state index contributed by atoms with van der Waals surface area (Å²) in [4.78, 5) is 0. The topological polar surface area (TPSA) is 47.3 Å². The van der Waals surface area contributed by atoms with Crippen LogP contribution in [0, 0.1) is 0 Å². The van der Waals surface area contributed by atoms with Crippen LogP contribution >= 0.6 is 0 Å². The first-order valence-electron chi connectivity index (χ1n) is 6.53. The zero-order chi connectivity index (χ0) is 13.2. The molecule has 0 saturated carbocycles. The first-order chi connectivity index (χ1) is 9.28. The Morgan fingerprint density at radius 1 is 1.21 bits per heavy atom. The Labute approximate surface area is 113 Å². The maximum Gasteiger partial charge on any atom is 0.119 e. The molecule has 0 spiro atoms. The minimum atomic E-state index is 0.197. The fourth-order valence-corrected chi connectivity index (χ4v) is 2.69. The third kappa shape index (κ3) is 2.29. The molecular weight excluding hydrogens is 236 g/mol. The van der Waals surface area contributed by atoms with Crippen molar-refractivity contribution in [3.63, 3.8) is 0 Å². The molecule has 0 saturated heterocycles. The Kier molecular flexibility index (Phi) is 3.13. The van der Waals surface area contributed by atoms with Gasteiger partial charge in [-0.3, -0.25) is 0 Å². The molecule has 98 valence electrons. The second-order valence-electron chi connectivity index (χ2n) is 4.87. The van der Waals surface area contributed by atoms with Gasteiger partial charge in [0.1, 0.15) is 5.75 Å². The second-order valence-corrected chi connectivity index (χ2v) is 4.87. The van der Waals surface area contributed by atoms with Crippen LogP contribution in [0.15, 0.2) is 42.5 Å². The zero-order valence-electron chi connectivity index (χ0n) is 11.0. The molecule has 1 aliphatic rings. The van der Waals surface area contributed by atoms with E-state index in [0.717, 1.165) is 24.4 Å². The number of fused-ring (bicyclic) bond motifs is 1. The summed E-state index contributed by atoms with van der Waals surface area (Å²) in [6.45, 7) is 0.985. The molecule has 3 rings (SSSR count). The Morgan fingerprint density at radius 3 is 2.89 bits per heavy atom. The van der Waals surface area contributed by atoms with Crippen molar-refractivity contribution in [1.29, 1.82) is 0 Å². The summed E-state index contributed by atoms with van der Waals surface area (Å²) in [6.07, 6.45) is 1.05. The van der Waals surface area contributed by atoms with E-state index in [1.165, 1.54) is 16.7 Å². The summed E-state index contributed by atoms with van der Waals surface area (Å²) in [5.41, 5.74) is 10.6. The smallest absolute Gasteiger partial charge is 0.119 e. The predicted octanol–water partition coefficient (Wildman–Crippen LogP) is 2.51. The number of benzene rings is 2. The highest BCUT2D eigenvalue weighted by molar-refractivity contribution is 5.48. The minimum Gasteiger partial charge on any atom is -0.497 e. The van der Waals surface area contributed by atoms with Gasteiger partial charge in [-0.15, -0.1) is 0 Å². The quantitative estimate of drug-likeness (QED) is 0.810. The number of nitrogens with two attached hydrogens (primary N) is 1. The van der Waals surface area contributed by atoms with E-state index < -0.39 is 0 Å². The molecule has 0 fully saturated rings. The van der Waals surface area contributed by atoms with E-state index in [1.807, 2.05) is 24.3 Å². The van der Waals surface area contributed by atoms with Gasteiger partial charge in [-0.05, 0) is 47.4 Å². The van der Waals surface area contributed by atoms with Gasteiger partial charge in [-0.2, -0.15) is 0 Å². The molecule has 3 nitrogen and oxygen atoms in total. The second kappa shape index (κ2) is 4.94. The van der Waals surface area contributed by atoms with E-state index in [-0.39, 0.29) is 6.04 Å². The van der Waals surface area contributed by atoms with Crippen molar-refractivity contribution in [3.05, 3.63) is 59.2 Å². The first-order valence-corrected chi connectivity index (χ1v) is 6.53. The molecule has 1 unspecified atom stereocenters. The molecule has 1 heterocycles. The van der Waals surface area contributed by atoms with Gasteiger partial charge in [0.25, 0.3) is 0 Å². The molecule has 1 atom stereocenters. The standard InChI is InChI=1S/C16H18N2O/c1-19-14-6-5-11-7-8-18-16(15(11)10-14)12-3-2-4-13(17)9-12/h2-6,9-10,16,18H,7-8,17H2,1H3. The third-order valence-corrected chi connectivity index (χ3v) is 3.65. The van der Waals surface area contributed by atoms with Crippen LogP contribution in [0.2, 0.25) is 0 Å². The van der Waals surface area contributed by atoms with Gasteiger partial charge < -0.3 is 15.8 Å². The number of nitrogen functional groups attached to an aromatic ring is 1. The van der Waals surface area contributed by atoms with Crippen molar-refractivity contribution >= 4 is 5.69 Å². The molecule has 2 aromatic rings. The highest BCUT2D eigenvalue weighted by Crippen LogP contribution is 2.32. The Hall–Kier alpha value is -2.00. The molecule has 3 N–H and O–H groups in total. The van der Waals surface area contributed by atoms with Crippen molar-refractivity contribution in [3.8, 4) is 5.75 Å². The van der Waals surface area contributed by atoms with Crippen LogP contribution in [-0.2, 0) is 6.42 Å². The van der Waals surface area contributed by atoms with Gasteiger partial charge >= 0.3 is 0 Å². The summed E-state index contributed by atoms with van der Waals surface area (Å²) in [7, 11) is 1.70. The molecule has 19 heavy (non-hydrogen) atoms. The molecule has 0 aliphatic carbocycles. The lowest BCUT2D eigenvalue weighted by Crippen LogP contribution is -2.30. The monoisotopic (exact) mass is 254 g/mol. The zero-order valence-corrected chi connectivity index (χ0v) is 11.0. The largest absolute Gasteiger partial charge is 0.497 e. The number of hydrogen-bond acceptors (Lipinski definition) is 3. The summed E-state index contributed by atoms with van der Waals surface area (Å²) in [6, 6.07) is 14.6. The van der Waals surface area contributed by atoms with E-state index >= 15 is 0 Å². The number of anilines is 1. The van der Waals surface area contributed by atoms with Crippen molar-refractivity contribution in [2.45, 2.75) is 12.5 Å². The van der Waals surface area contributed by atoms with E-state index in [9.17, 15) is 0 Å². The SMILES string of the molecule is COc1ccc2c(c1)C(c1cccc(N)c1)NCC2. The van der Waals surface area contributed by atoms with Gasteiger partial charge in [-0.1, -0.05) is 18.2 Å². The summed E-state index contributed by atoms with van der Waals surface area (Å²) < 4.78 is 5.34. The number of hydrogen-bond donors (Lipinski definition) is 2. The highest BCUT2D eigenvalue weighted by Gasteiger charge is 2.21. The lowest BCUT2D eigenvalue weighted by atomic mass is 9.89. The van der Waals surface area contributed by atoms with Crippen LogP contribution in [0.25, 0.3) is 0 Å². The molecule has 0 amide bonds. The van der Waals surface area contributed by atoms with Gasteiger partial charge in [0.15, 0.2) is 0 Å². The predicted molar refractivity (Wildman–Crippen MR) is 77.4 cm³/mol. The van der Waals surface area contributed by atoms with Crippen LogP contribution in [0.1, 0.15) is 22.7 Å². The maximum absolute atomic E-state index is 5.89. The number of nitrogens with one attached hydrogen (secondary N) is 1. The summed E-state index contributed by atoms with van der Waals surface area (Å²) in [5.74, 6) is 0.899. The lowest BCUT2D eigenvalue weighted by Gasteiger charge is -2.28. The van der Waals surface area contributed by atoms with E-state index in [4.69, 9.17) is 10.5 Å². The van der Waals surface area contributed by atoms with Crippen LogP contribution in [0.3, 0.4) is 0 Å². The molecule has 1 aliphatic heterocycles. The third-order valence-electron chi connectivity index (χ3n) is 3.65. The van der Waals surface area contributed by atoms with E-state index in [0.29, 0.717) is 0 Å². The number of methoxy groups -OCH3 is 1. The van der Waals surface area contributed by atoms with Crippen LogP contribution in [0.4, 0.5) is 5.69 Å². The van der Waals surface area contributed by atoms with Gasteiger partial charge in [0.2, 0.25) is 0 Å². The Bertz CT molecular complexity index is 595. The highest BCUT2D eigenvalue weighted by atomic mass is 16.5. The van der Waals surface area contributed by atoms with Crippen molar-refractivity contribution in [1.82, 2.24) is 5.32 Å². The summed E-state index contributed by atoms with van der Waals surface area (Å²) in [5, 5.41) is 3.56. The van der Waals surface area contributed by atoms with Gasteiger partial charge in [0.05, 0.1) is 13.2 Å². The average Bonchev–Trinajstić information content (AvgIpc) is 2.46. The molecule has 0 aromatic heterocycles. The molecule has 3 heteroatoms. The maximum atomic E-state index is 5.89. The fraction of sp³-hybridized carbons (Fsp3) is 0.250. The summed E-state index contributed by atoms with van der Waals surface area (Å²) >= 11 is 0. The molecule has 0 bridgehead atoms. The first kappa shape index (κ1) is 12.1. The molecule has 0 radical (unpaired) electrons. The molecular formula is C16H18N2O. The average molecular weight is 254 g/mol. The van der Waals surface area contributed by atoms with Gasteiger partial charge in [-0.25, -0.2) is 0 Å². The Morgan fingerprint density at radius 2 is 2.11 bits per heavy atom. The lowest BCUT2D eigenvalue weighted by molar-refractivity contribution is 0.412. The van der Waals surface area contributed by atoms with Gasteiger partial charge in [0, 0.05) is 12.2 Å². The molecule has 2 aromatic carbocycles. The van der Waals surface area contributed by atoms with Crippen molar-refractivity contribution in [2.75, 3.05) is 19.4 Å².